The average molecular weight is 262 g/mol. The Morgan fingerprint density at radius 3 is 3.06 bits per heavy atom. The van der Waals surface area contributed by atoms with Crippen molar-refractivity contribution in [3.63, 3.8) is 0 Å². The SMILES string of the molecule is O=C(O)C=Cc1ccsc1Cn1cnccc1=O. The van der Waals surface area contributed by atoms with Crippen molar-refractivity contribution < 1.29 is 9.90 Å². The molecule has 0 aliphatic heterocycles. The molecule has 6 heteroatoms. The summed E-state index contributed by atoms with van der Waals surface area (Å²) in [6.45, 7) is 0.392. The van der Waals surface area contributed by atoms with Crippen molar-refractivity contribution in [1.82, 2.24) is 9.55 Å². The highest BCUT2D eigenvalue weighted by atomic mass is 32.1. The van der Waals surface area contributed by atoms with Gasteiger partial charge in [-0.1, -0.05) is 0 Å². The van der Waals surface area contributed by atoms with Gasteiger partial charge in [-0.3, -0.25) is 9.36 Å². The molecule has 2 aromatic heterocycles. The minimum atomic E-state index is -0.995. The van der Waals surface area contributed by atoms with Gasteiger partial charge in [0.25, 0.3) is 5.56 Å². The van der Waals surface area contributed by atoms with Crippen LogP contribution in [-0.2, 0) is 11.3 Å². The fourth-order valence-electron chi connectivity index (χ4n) is 1.44. The van der Waals surface area contributed by atoms with Crippen LogP contribution in [0.1, 0.15) is 10.4 Å². The molecule has 2 heterocycles. The second kappa shape index (κ2) is 5.42. The molecule has 0 saturated heterocycles. The highest BCUT2D eigenvalue weighted by Crippen LogP contribution is 2.18. The molecule has 0 aliphatic rings. The van der Waals surface area contributed by atoms with Gasteiger partial charge >= 0.3 is 5.97 Å². The number of carboxylic acid groups (broad SMARTS) is 1. The van der Waals surface area contributed by atoms with E-state index in [2.05, 4.69) is 4.98 Å². The monoisotopic (exact) mass is 262 g/mol. The van der Waals surface area contributed by atoms with Gasteiger partial charge < -0.3 is 5.11 Å². The van der Waals surface area contributed by atoms with Crippen LogP contribution in [0.25, 0.3) is 6.08 Å². The molecule has 5 nitrogen and oxygen atoms in total. The number of hydrogen-bond acceptors (Lipinski definition) is 4. The normalized spacial score (nSPS) is 10.9. The van der Waals surface area contributed by atoms with Crippen molar-refractivity contribution in [1.29, 1.82) is 0 Å². The van der Waals surface area contributed by atoms with Crippen LogP contribution in [0, 0.1) is 0 Å². The Bertz CT molecular complexity index is 643. The van der Waals surface area contributed by atoms with Crippen LogP contribution in [0.3, 0.4) is 0 Å². The average Bonchev–Trinajstić information content (AvgIpc) is 2.77. The Morgan fingerprint density at radius 1 is 1.50 bits per heavy atom. The lowest BCUT2D eigenvalue weighted by Crippen LogP contribution is -2.19. The Balaban J connectivity index is 2.26. The molecule has 0 aromatic carbocycles. The number of rotatable bonds is 4. The lowest BCUT2D eigenvalue weighted by atomic mass is 10.2. The van der Waals surface area contributed by atoms with E-state index in [1.54, 1.807) is 0 Å². The third-order valence-corrected chi connectivity index (χ3v) is 3.21. The summed E-state index contributed by atoms with van der Waals surface area (Å²) in [5, 5.41) is 10.4. The first-order chi connectivity index (χ1) is 8.66. The van der Waals surface area contributed by atoms with E-state index in [1.807, 2.05) is 11.4 Å². The largest absolute Gasteiger partial charge is 0.478 e. The molecule has 18 heavy (non-hydrogen) atoms. The molecule has 0 bridgehead atoms. The highest BCUT2D eigenvalue weighted by molar-refractivity contribution is 7.10. The third-order valence-electron chi connectivity index (χ3n) is 2.29. The summed E-state index contributed by atoms with van der Waals surface area (Å²) in [5.41, 5.74) is 0.671. The summed E-state index contributed by atoms with van der Waals surface area (Å²) in [5.74, 6) is -0.995. The van der Waals surface area contributed by atoms with Crippen LogP contribution < -0.4 is 5.56 Å². The number of aliphatic carboxylic acids is 1. The minimum Gasteiger partial charge on any atom is -0.478 e. The quantitative estimate of drug-likeness (QED) is 0.846. The zero-order valence-corrected chi connectivity index (χ0v) is 10.1. The van der Waals surface area contributed by atoms with E-state index in [1.165, 1.54) is 40.6 Å². The van der Waals surface area contributed by atoms with Gasteiger partial charge in [0.05, 0.1) is 12.9 Å². The molecule has 2 rings (SSSR count). The molecule has 0 atom stereocenters. The molecule has 0 spiro atoms. The van der Waals surface area contributed by atoms with Crippen LogP contribution in [0.15, 0.2) is 40.9 Å². The van der Waals surface area contributed by atoms with E-state index < -0.39 is 5.97 Å². The maximum absolute atomic E-state index is 11.5. The number of thiophene rings is 1. The predicted octanol–water partition coefficient (Wildman–Crippen LogP) is 1.45. The highest BCUT2D eigenvalue weighted by Gasteiger charge is 2.04. The number of aromatic nitrogens is 2. The molecule has 0 radical (unpaired) electrons. The fourth-order valence-corrected chi connectivity index (χ4v) is 2.31. The molecule has 0 amide bonds. The summed E-state index contributed by atoms with van der Waals surface area (Å²) in [4.78, 5) is 26.8. The van der Waals surface area contributed by atoms with Gasteiger partial charge in [0.1, 0.15) is 0 Å². The lowest BCUT2D eigenvalue weighted by Gasteiger charge is -2.03. The number of nitrogens with zero attached hydrogens (tertiary/aromatic N) is 2. The second-order valence-electron chi connectivity index (χ2n) is 3.52. The van der Waals surface area contributed by atoms with Gasteiger partial charge in [-0.15, -0.1) is 11.3 Å². The lowest BCUT2D eigenvalue weighted by molar-refractivity contribution is -0.131. The first-order valence-corrected chi connectivity index (χ1v) is 6.02. The number of hydrogen-bond donors (Lipinski definition) is 1. The van der Waals surface area contributed by atoms with Crippen LogP contribution in [-0.4, -0.2) is 20.6 Å². The molecule has 0 fully saturated rings. The van der Waals surface area contributed by atoms with E-state index >= 15 is 0 Å². The maximum atomic E-state index is 11.5. The van der Waals surface area contributed by atoms with Gasteiger partial charge in [0.2, 0.25) is 0 Å². The summed E-state index contributed by atoms with van der Waals surface area (Å²) in [6, 6.07) is 3.21. The van der Waals surface area contributed by atoms with E-state index in [-0.39, 0.29) is 5.56 Å². The van der Waals surface area contributed by atoms with Crippen molar-refractivity contribution in [3.8, 4) is 0 Å². The van der Waals surface area contributed by atoms with Crippen molar-refractivity contribution >= 4 is 23.4 Å². The van der Waals surface area contributed by atoms with Gasteiger partial charge in [-0.25, -0.2) is 9.78 Å². The fraction of sp³-hybridized carbons (Fsp3) is 0.0833. The summed E-state index contributed by atoms with van der Waals surface area (Å²) in [6.07, 6.45) is 5.51. The van der Waals surface area contributed by atoms with Crippen LogP contribution >= 0.6 is 11.3 Å². The van der Waals surface area contributed by atoms with E-state index in [4.69, 9.17) is 5.11 Å². The van der Waals surface area contributed by atoms with Crippen molar-refractivity contribution in [3.05, 3.63) is 56.9 Å². The number of carboxylic acids is 1. The van der Waals surface area contributed by atoms with Crippen LogP contribution in [0.2, 0.25) is 0 Å². The Morgan fingerprint density at radius 2 is 2.33 bits per heavy atom. The molecule has 0 unspecified atom stereocenters. The van der Waals surface area contributed by atoms with Gasteiger partial charge in [-0.2, -0.15) is 0 Å². The van der Waals surface area contributed by atoms with Crippen LogP contribution in [0.5, 0.6) is 0 Å². The Hall–Kier alpha value is -2.21. The molecule has 0 aliphatic carbocycles. The molecular formula is C12H10N2O3S. The smallest absolute Gasteiger partial charge is 0.328 e. The zero-order valence-electron chi connectivity index (χ0n) is 9.31. The molecule has 1 N–H and O–H groups in total. The van der Waals surface area contributed by atoms with Crippen molar-refractivity contribution in [2.75, 3.05) is 0 Å². The van der Waals surface area contributed by atoms with Crippen molar-refractivity contribution in [2.45, 2.75) is 6.54 Å². The van der Waals surface area contributed by atoms with E-state index in [0.717, 1.165) is 16.5 Å². The second-order valence-corrected chi connectivity index (χ2v) is 4.52. The van der Waals surface area contributed by atoms with Crippen LogP contribution in [0.4, 0.5) is 0 Å². The first kappa shape index (κ1) is 12.3. The minimum absolute atomic E-state index is 0.133. The van der Waals surface area contributed by atoms with Gasteiger partial charge in [0.15, 0.2) is 0 Å². The Labute approximate surface area is 107 Å². The Kier molecular flexibility index (Phi) is 3.69. The predicted molar refractivity (Wildman–Crippen MR) is 68.6 cm³/mol. The van der Waals surface area contributed by atoms with E-state index in [0.29, 0.717) is 6.54 Å². The first-order valence-electron chi connectivity index (χ1n) is 5.14. The summed E-state index contributed by atoms with van der Waals surface area (Å²) >= 11 is 1.47. The maximum Gasteiger partial charge on any atom is 0.328 e. The zero-order chi connectivity index (χ0) is 13.0. The van der Waals surface area contributed by atoms with E-state index in [9.17, 15) is 9.59 Å². The summed E-state index contributed by atoms with van der Waals surface area (Å²) < 4.78 is 1.48. The number of carbonyl (C=O) groups is 1. The standard InChI is InChI=1S/C12H10N2O3S/c15-11-3-5-13-8-14(11)7-10-9(4-6-18-10)1-2-12(16)17/h1-6,8H,7H2,(H,16,17). The topological polar surface area (TPSA) is 72.2 Å². The molecule has 2 aromatic rings. The molecular weight excluding hydrogens is 252 g/mol. The third kappa shape index (κ3) is 2.92. The van der Waals surface area contributed by atoms with Gasteiger partial charge in [0, 0.05) is 23.2 Å². The molecule has 92 valence electrons. The summed E-state index contributed by atoms with van der Waals surface area (Å²) in [7, 11) is 0. The van der Waals surface area contributed by atoms with Crippen molar-refractivity contribution in [2.24, 2.45) is 0 Å². The molecule has 0 saturated carbocycles. The van der Waals surface area contributed by atoms with Gasteiger partial charge in [-0.05, 0) is 23.1 Å².